The number of hydrogen-bond donors (Lipinski definition) is 3. The largest absolute Gasteiger partial charge is 0.466 e. The Kier molecular flexibility index (Phi) is 7.16. The lowest BCUT2D eigenvalue weighted by atomic mass is 9.82. The van der Waals surface area contributed by atoms with E-state index in [2.05, 4.69) is 10.2 Å². The first kappa shape index (κ1) is 24.4. The fourth-order valence-corrected chi connectivity index (χ4v) is 3.90. The smallest absolute Gasteiger partial charge is 0.437 e. The topological polar surface area (TPSA) is 90.9 Å². The molecule has 3 N–H and O–H groups in total. The number of amides is 2. The van der Waals surface area contributed by atoms with Gasteiger partial charge >= 0.3 is 18.2 Å². The van der Waals surface area contributed by atoms with Crippen LogP contribution in [-0.2, 0) is 16.1 Å². The molecular weight excluding hydrogens is 439 g/mol. The maximum absolute atomic E-state index is 13.8. The van der Waals surface area contributed by atoms with Crippen LogP contribution in [0.5, 0.6) is 0 Å². The van der Waals surface area contributed by atoms with Gasteiger partial charge in [0.05, 0.1) is 12.6 Å². The van der Waals surface area contributed by atoms with Crippen LogP contribution in [0.15, 0.2) is 54.6 Å². The summed E-state index contributed by atoms with van der Waals surface area (Å²) in [4.78, 5) is 26.6. The summed E-state index contributed by atoms with van der Waals surface area (Å²) in [5.41, 5.74) is -1.66. The molecule has 1 aliphatic rings. The van der Waals surface area contributed by atoms with Crippen LogP contribution in [0.25, 0.3) is 0 Å². The van der Waals surface area contributed by atoms with Crippen molar-refractivity contribution in [1.82, 2.24) is 10.6 Å². The molecule has 0 radical (unpaired) electrons. The van der Waals surface area contributed by atoms with E-state index in [0.29, 0.717) is 13.1 Å². The zero-order chi connectivity index (χ0) is 24.2. The zero-order valence-electron chi connectivity index (χ0n) is 18.2. The van der Waals surface area contributed by atoms with Gasteiger partial charge in [0.25, 0.3) is 5.72 Å². The summed E-state index contributed by atoms with van der Waals surface area (Å²) in [6.07, 6.45) is -5.31. The monoisotopic (exact) mass is 465 g/mol. The van der Waals surface area contributed by atoms with Crippen molar-refractivity contribution >= 4 is 17.7 Å². The number of halogens is 3. The third-order valence-electron chi connectivity index (χ3n) is 5.56. The number of urea groups is 1. The number of alkyl halides is 3. The van der Waals surface area contributed by atoms with Crippen LogP contribution >= 0.6 is 0 Å². The van der Waals surface area contributed by atoms with Crippen LogP contribution in [0.4, 0.5) is 23.7 Å². The molecule has 3 rings (SSSR count). The highest BCUT2D eigenvalue weighted by Crippen LogP contribution is 2.43. The number of carbonyl (C=O) groups excluding carboxylic acids is 2. The molecule has 1 saturated heterocycles. The lowest BCUT2D eigenvalue weighted by molar-refractivity contribution is -0.294. The predicted octanol–water partition coefficient (Wildman–Crippen LogP) is 3.50. The number of anilines is 1. The number of rotatable bonds is 7. The van der Waals surface area contributed by atoms with Crippen molar-refractivity contribution in [2.45, 2.75) is 38.3 Å². The number of nitrogens with zero attached hydrogens (tertiary/aromatic N) is 1. The molecule has 0 aromatic heterocycles. The Morgan fingerprint density at radius 2 is 1.76 bits per heavy atom. The average molecular weight is 465 g/mol. The van der Waals surface area contributed by atoms with Gasteiger partial charge in [-0.1, -0.05) is 42.5 Å². The number of hydrogen-bond acceptors (Lipinski definition) is 5. The Bertz CT molecular complexity index is 969. The summed E-state index contributed by atoms with van der Waals surface area (Å²) in [5, 5.41) is 14.2. The lowest BCUT2D eigenvalue weighted by Crippen LogP contribution is -2.73. The molecule has 7 nitrogen and oxygen atoms in total. The van der Waals surface area contributed by atoms with Gasteiger partial charge in [-0.25, -0.2) is 4.79 Å². The molecule has 2 aromatic rings. The van der Waals surface area contributed by atoms with E-state index in [1.807, 2.05) is 37.3 Å². The van der Waals surface area contributed by atoms with Crippen LogP contribution in [0.1, 0.15) is 31.0 Å². The highest BCUT2D eigenvalue weighted by Gasteiger charge is 2.67. The van der Waals surface area contributed by atoms with Gasteiger partial charge in [-0.3, -0.25) is 4.79 Å². The van der Waals surface area contributed by atoms with E-state index in [1.54, 1.807) is 12.1 Å². The molecule has 2 aromatic carbocycles. The van der Waals surface area contributed by atoms with Gasteiger partial charge in [-0.05, 0) is 37.1 Å². The molecule has 2 amide bonds. The van der Waals surface area contributed by atoms with Gasteiger partial charge in [-0.2, -0.15) is 13.2 Å². The van der Waals surface area contributed by atoms with Crippen LogP contribution < -0.4 is 15.5 Å². The summed E-state index contributed by atoms with van der Waals surface area (Å²) in [7, 11) is 0. The van der Waals surface area contributed by atoms with Crippen molar-refractivity contribution in [2.75, 3.05) is 18.1 Å². The third kappa shape index (κ3) is 5.05. The second-order valence-corrected chi connectivity index (χ2v) is 7.66. The summed E-state index contributed by atoms with van der Waals surface area (Å²) in [6.45, 7) is 4.53. The van der Waals surface area contributed by atoms with E-state index in [9.17, 15) is 27.9 Å². The van der Waals surface area contributed by atoms with E-state index >= 15 is 0 Å². The molecule has 33 heavy (non-hydrogen) atoms. The molecule has 0 saturated carbocycles. The SMILES string of the molecule is CCOC(=O)[C@@H]1[C@@H](c2ccc(N(CC)Cc3ccccc3)cc2)NC(=O)N[C@]1(O)C(F)(F)F. The fourth-order valence-electron chi connectivity index (χ4n) is 3.90. The van der Waals surface area contributed by atoms with Gasteiger partial charge < -0.3 is 25.4 Å². The highest BCUT2D eigenvalue weighted by molar-refractivity contribution is 5.83. The summed E-state index contributed by atoms with van der Waals surface area (Å²) >= 11 is 0. The number of esters is 1. The van der Waals surface area contributed by atoms with Gasteiger partial charge in [0.2, 0.25) is 0 Å². The Morgan fingerprint density at radius 3 is 2.30 bits per heavy atom. The first-order valence-corrected chi connectivity index (χ1v) is 10.5. The van der Waals surface area contributed by atoms with Crippen LogP contribution in [-0.4, -0.2) is 42.2 Å². The van der Waals surface area contributed by atoms with Crippen molar-refractivity contribution in [1.29, 1.82) is 0 Å². The molecule has 0 unspecified atom stereocenters. The number of aliphatic hydroxyl groups is 1. The minimum atomic E-state index is -5.31. The van der Waals surface area contributed by atoms with E-state index in [-0.39, 0.29) is 12.2 Å². The normalized spacial score (nSPS) is 22.8. The van der Waals surface area contributed by atoms with Crippen molar-refractivity contribution in [3.05, 3.63) is 65.7 Å². The lowest BCUT2D eigenvalue weighted by Gasteiger charge is -2.44. The molecular formula is C23H26F3N3O4. The summed E-state index contributed by atoms with van der Waals surface area (Å²) in [6, 6.07) is 13.5. The van der Waals surface area contributed by atoms with Gasteiger partial charge in [0.15, 0.2) is 0 Å². The van der Waals surface area contributed by atoms with Gasteiger partial charge in [0, 0.05) is 18.8 Å². The van der Waals surface area contributed by atoms with E-state index in [4.69, 9.17) is 4.74 Å². The molecule has 1 fully saturated rings. The van der Waals surface area contributed by atoms with Crippen molar-refractivity contribution in [3.63, 3.8) is 0 Å². The Morgan fingerprint density at radius 1 is 1.12 bits per heavy atom. The highest BCUT2D eigenvalue weighted by atomic mass is 19.4. The Balaban J connectivity index is 1.93. The number of ether oxygens (including phenoxy) is 1. The predicted molar refractivity (Wildman–Crippen MR) is 115 cm³/mol. The minimum Gasteiger partial charge on any atom is -0.466 e. The first-order valence-electron chi connectivity index (χ1n) is 10.5. The standard InChI is InChI=1S/C23H26F3N3O4/c1-3-29(14-15-8-6-5-7-9-15)17-12-10-16(11-13-17)19-18(20(30)33-4-2)22(32,23(24,25)26)28-21(31)27-19/h5-13,18-19,32H,3-4,14H2,1-2H3,(H2,27,28,31)/t18-,19+,22+/m0/s1. The number of nitrogens with one attached hydrogen (secondary N) is 2. The summed E-state index contributed by atoms with van der Waals surface area (Å²) < 4.78 is 46.1. The number of carbonyl (C=O) groups is 2. The van der Waals surface area contributed by atoms with Crippen LogP contribution in [0.2, 0.25) is 0 Å². The van der Waals surface area contributed by atoms with Crippen LogP contribution in [0, 0.1) is 5.92 Å². The van der Waals surface area contributed by atoms with E-state index in [1.165, 1.54) is 24.4 Å². The average Bonchev–Trinajstić information content (AvgIpc) is 2.77. The zero-order valence-corrected chi connectivity index (χ0v) is 18.2. The maximum atomic E-state index is 13.8. The molecule has 0 bridgehead atoms. The Hall–Kier alpha value is -3.27. The maximum Gasteiger partial charge on any atom is 0.437 e. The van der Waals surface area contributed by atoms with Gasteiger partial charge in [-0.15, -0.1) is 0 Å². The fraction of sp³-hybridized carbons (Fsp3) is 0.391. The van der Waals surface area contributed by atoms with E-state index in [0.717, 1.165) is 11.3 Å². The second-order valence-electron chi connectivity index (χ2n) is 7.66. The minimum absolute atomic E-state index is 0.187. The third-order valence-corrected chi connectivity index (χ3v) is 5.56. The second kappa shape index (κ2) is 9.70. The molecule has 3 atom stereocenters. The quantitative estimate of drug-likeness (QED) is 0.545. The molecule has 178 valence electrons. The molecule has 10 heteroatoms. The molecule has 1 heterocycles. The first-order chi connectivity index (χ1) is 15.6. The van der Waals surface area contributed by atoms with Crippen molar-refractivity contribution in [3.8, 4) is 0 Å². The Labute approximate surface area is 189 Å². The van der Waals surface area contributed by atoms with E-state index < -0.39 is 35.9 Å². The van der Waals surface area contributed by atoms with Crippen molar-refractivity contribution < 1.29 is 32.6 Å². The van der Waals surface area contributed by atoms with Gasteiger partial charge in [0.1, 0.15) is 5.92 Å². The molecule has 1 aliphatic heterocycles. The number of benzene rings is 2. The van der Waals surface area contributed by atoms with Crippen LogP contribution in [0.3, 0.4) is 0 Å². The summed E-state index contributed by atoms with van der Waals surface area (Å²) in [5.74, 6) is -3.43. The molecule has 0 aliphatic carbocycles. The van der Waals surface area contributed by atoms with Crippen molar-refractivity contribution in [2.24, 2.45) is 5.92 Å². The molecule has 0 spiro atoms.